The molecule has 344 valence electrons. The van der Waals surface area contributed by atoms with Crippen molar-refractivity contribution in [2.75, 3.05) is 0 Å². The fourth-order valence-electron chi connectivity index (χ4n) is 11.3. The van der Waals surface area contributed by atoms with Crippen LogP contribution >= 0.6 is 0 Å². The number of rotatable bonds is 7. The number of benzene rings is 8. The molecule has 2 aliphatic rings. The molecule has 0 saturated heterocycles. The van der Waals surface area contributed by atoms with Gasteiger partial charge >= 0.3 is 336 Å². The summed E-state index contributed by atoms with van der Waals surface area (Å²) in [7, 11) is 0. The SMILES string of the molecule is [2H]c1c([2H])c([2H])c(-c2ccc3c(c2-n2[c](=[Pt])n(-c4cccc(Oc5ccc6c7ccccc7n(-c7cc(C)c(-c8ccc(C(C)(C)C)cc8)cn7)c6c5)c4)c4ccccc42)C2(CC3)CCc3c([2H])c([2H])c([2H])c([2H])c32)c([2H])c1[2H]. The topological polar surface area (TPSA) is 36.9 Å². The molecule has 1 unspecified atom stereocenters. The van der Waals surface area contributed by atoms with Gasteiger partial charge in [-0.05, 0) is 29.0 Å². The van der Waals surface area contributed by atoms with Crippen molar-refractivity contribution in [1.29, 1.82) is 0 Å². The molecule has 3 heterocycles. The molecule has 2 aliphatic carbocycles. The van der Waals surface area contributed by atoms with Crippen molar-refractivity contribution < 1.29 is 36.4 Å². The summed E-state index contributed by atoms with van der Waals surface area (Å²) in [5, 5.41) is 2.16. The van der Waals surface area contributed by atoms with Crippen molar-refractivity contribution in [3.8, 4) is 50.9 Å². The molecule has 5 nitrogen and oxygen atoms in total. The summed E-state index contributed by atoms with van der Waals surface area (Å²) >= 11 is 2.32. The first-order valence-corrected chi connectivity index (χ1v) is 24.9. The summed E-state index contributed by atoms with van der Waals surface area (Å²) in [6.45, 7) is 8.80. The summed E-state index contributed by atoms with van der Waals surface area (Å²) < 4.78 is 94.7. The third kappa shape index (κ3) is 6.77. The Morgan fingerprint density at radius 2 is 1.30 bits per heavy atom. The Labute approximate surface area is 432 Å². The molecule has 0 amide bonds. The maximum absolute atomic E-state index is 9.40. The number of hydrogen-bond acceptors (Lipinski definition) is 2. The zero-order chi connectivity index (χ0) is 55.1. The van der Waals surface area contributed by atoms with Crippen LogP contribution in [0.4, 0.5) is 0 Å². The summed E-state index contributed by atoms with van der Waals surface area (Å²) in [5.74, 6) is 2.02. The standard InChI is InChI=1S/C64H52N4O.Pt/c1-42-37-60(65-40-54(42)44-25-28-47(29-26-44)63(2,3)4)68-56-22-11-9-20-52(56)53-32-30-50(39-59(53)68)69-49-19-14-18-48(38-49)66-41-67(58-24-13-12-23-57(58)66)62-51(43-15-6-5-7-16-43)31-27-46-34-36-64(61(46)62)35-33-45-17-8-10-21-55(45)64;/h5-32,37-40H,33-36H2,1-4H3;/i5D,6D,7D,8D,10D,15D,16D,17D,21D;. The number of imidazole rings is 1. The van der Waals surface area contributed by atoms with E-state index in [1.54, 1.807) is 0 Å². The molecule has 1 atom stereocenters. The van der Waals surface area contributed by atoms with E-state index in [1.165, 1.54) is 5.56 Å². The molecule has 1 spiro atoms. The summed E-state index contributed by atoms with van der Waals surface area (Å²) in [6, 6.07) is 42.4. The van der Waals surface area contributed by atoms with Crippen LogP contribution in [0.5, 0.6) is 11.5 Å². The molecule has 8 aromatic carbocycles. The van der Waals surface area contributed by atoms with Crippen LogP contribution in [-0.4, -0.2) is 18.7 Å². The summed E-state index contributed by atoms with van der Waals surface area (Å²) in [4.78, 5) is 5.10. The Morgan fingerprint density at radius 1 is 0.600 bits per heavy atom. The minimum atomic E-state index is -0.864. The van der Waals surface area contributed by atoms with Gasteiger partial charge in [0.05, 0.1) is 0 Å². The zero-order valence-corrected chi connectivity index (χ0v) is 41.4. The van der Waals surface area contributed by atoms with Gasteiger partial charge in [0.15, 0.2) is 0 Å². The first kappa shape index (κ1) is 34.0. The Kier molecular flexibility index (Phi) is 7.97. The number of ether oxygens (including phenoxy) is 1. The number of para-hydroxylation sites is 3. The third-order valence-corrected chi connectivity index (χ3v) is 15.7. The second-order valence-corrected chi connectivity index (χ2v) is 20.7. The summed E-state index contributed by atoms with van der Waals surface area (Å²) in [6.07, 6.45) is 4.11. The van der Waals surface area contributed by atoms with Gasteiger partial charge in [-0.2, -0.15) is 0 Å². The molecule has 70 heavy (non-hydrogen) atoms. The molecule has 0 N–H and O–H groups in total. The molecule has 0 aliphatic heterocycles. The summed E-state index contributed by atoms with van der Waals surface area (Å²) in [5.41, 5.74) is 12.2. The Bertz CT molecular complexity index is 4470. The van der Waals surface area contributed by atoms with Crippen LogP contribution in [0.15, 0.2) is 194 Å². The first-order chi connectivity index (χ1) is 37.9. The molecular formula is C64H52N4OPt. The zero-order valence-electron chi connectivity index (χ0n) is 48.1. The van der Waals surface area contributed by atoms with E-state index in [4.69, 9.17) is 17.9 Å². The number of pyridine rings is 1. The predicted molar refractivity (Wildman–Crippen MR) is 283 cm³/mol. The van der Waals surface area contributed by atoms with E-state index in [-0.39, 0.29) is 47.2 Å². The number of aromatic nitrogens is 4. The molecular weight excluding hydrogens is 1040 g/mol. The van der Waals surface area contributed by atoms with E-state index in [0.717, 1.165) is 76.0 Å². The van der Waals surface area contributed by atoms with Gasteiger partial charge in [0.1, 0.15) is 0 Å². The van der Waals surface area contributed by atoms with Crippen LogP contribution in [0.2, 0.25) is 0 Å². The molecule has 3 aromatic heterocycles. The van der Waals surface area contributed by atoms with Gasteiger partial charge in [0.2, 0.25) is 0 Å². The van der Waals surface area contributed by atoms with Gasteiger partial charge in [-0.25, -0.2) is 0 Å². The van der Waals surface area contributed by atoms with Gasteiger partial charge in [-0.1, -0.05) is 57.2 Å². The quantitative estimate of drug-likeness (QED) is 0.159. The predicted octanol–water partition coefficient (Wildman–Crippen LogP) is 15.9. The van der Waals surface area contributed by atoms with E-state index >= 15 is 0 Å². The maximum atomic E-state index is 9.40. The Morgan fingerprint density at radius 3 is 2.09 bits per heavy atom. The van der Waals surface area contributed by atoms with Gasteiger partial charge in [-0.3, -0.25) is 0 Å². The van der Waals surface area contributed by atoms with E-state index < -0.39 is 23.5 Å². The van der Waals surface area contributed by atoms with Crippen LogP contribution in [-0.2, 0) is 43.0 Å². The van der Waals surface area contributed by atoms with Crippen molar-refractivity contribution in [3.63, 3.8) is 0 Å². The van der Waals surface area contributed by atoms with E-state index in [9.17, 15) is 4.11 Å². The Hall–Kier alpha value is -7.33. The molecule has 13 rings (SSSR count). The van der Waals surface area contributed by atoms with Crippen LogP contribution < -0.4 is 4.74 Å². The van der Waals surface area contributed by atoms with Crippen LogP contribution in [0, 0.1) is 10.7 Å². The van der Waals surface area contributed by atoms with Crippen molar-refractivity contribution in [1.82, 2.24) is 18.7 Å². The van der Waals surface area contributed by atoms with E-state index in [2.05, 4.69) is 121 Å². The normalized spacial score (nSPS) is 17.1. The molecule has 6 heteroatoms. The average molecular weight is 1100 g/mol. The van der Waals surface area contributed by atoms with Gasteiger partial charge in [0.25, 0.3) is 0 Å². The number of hydrogen-bond donors (Lipinski definition) is 0. The van der Waals surface area contributed by atoms with E-state index in [1.807, 2.05) is 79.0 Å². The fraction of sp³-hybridized carbons (Fsp3) is 0.156. The van der Waals surface area contributed by atoms with Crippen molar-refractivity contribution in [3.05, 3.63) is 231 Å². The van der Waals surface area contributed by atoms with Crippen LogP contribution in [0.25, 0.3) is 72.3 Å². The van der Waals surface area contributed by atoms with Crippen LogP contribution in [0.3, 0.4) is 0 Å². The molecule has 0 fully saturated rings. The number of aryl methyl sites for hydroxylation is 2. The first-order valence-electron chi connectivity index (χ1n) is 28.3. The van der Waals surface area contributed by atoms with Crippen molar-refractivity contribution in [2.45, 2.75) is 64.2 Å². The fourth-order valence-corrected chi connectivity index (χ4v) is 12.4. The third-order valence-electron chi connectivity index (χ3n) is 14.7. The average Bonchev–Trinajstić information content (AvgIpc) is 4.36. The second kappa shape index (κ2) is 16.4. The van der Waals surface area contributed by atoms with Crippen LogP contribution in [0.1, 0.15) is 79.3 Å². The molecule has 0 radical (unpaired) electrons. The van der Waals surface area contributed by atoms with Crippen molar-refractivity contribution >= 4 is 32.8 Å². The van der Waals surface area contributed by atoms with E-state index in [0.29, 0.717) is 59.6 Å². The Balaban J connectivity index is 0.956. The second-order valence-electron chi connectivity index (χ2n) is 19.6. The number of nitrogens with zero attached hydrogens (tertiary/aromatic N) is 4. The van der Waals surface area contributed by atoms with Gasteiger partial charge < -0.3 is 0 Å². The minimum absolute atomic E-state index is 0.0383. The number of fused-ring (bicyclic) bond motifs is 8. The molecule has 11 aromatic rings. The van der Waals surface area contributed by atoms with Crippen molar-refractivity contribution in [2.24, 2.45) is 0 Å². The van der Waals surface area contributed by atoms with Gasteiger partial charge in [0, 0.05) is 11.8 Å². The van der Waals surface area contributed by atoms with Gasteiger partial charge in [-0.15, -0.1) is 0 Å². The molecule has 0 saturated carbocycles. The monoisotopic (exact) mass is 1100 g/mol. The molecule has 0 bridgehead atoms.